The highest BCUT2D eigenvalue weighted by molar-refractivity contribution is 7.25. The summed E-state index contributed by atoms with van der Waals surface area (Å²) in [7, 11) is 1.86. The largest absolute Gasteiger partial charge is 0.388 e. The van der Waals surface area contributed by atoms with Crippen LogP contribution in [0.1, 0.15) is 68.5 Å². The van der Waals surface area contributed by atoms with Crippen molar-refractivity contribution in [2.45, 2.75) is 40.7 Å². The molecule has 0 saturated heterocycles. The normalized spacial score (nSPS) is 16.6. The van der Waals surface area contributed by atoms with Gasteiger partial charge in [-0.15, -0.1) is 11.3 Å². The molecule has 3 N–H and O–H groups in total. The van der Waals surface area contributed by atoms with Crippen molar-refractivity contribution in [2.24, 2.45) is 5.92 Å². The van der Waals surface area contributed by atoms with Gasteiger partial charge in [0.25, 0.3) is 0 Å². The quantitative estimate of drug-likeness (QED) is 0.133. The average molecular weight is 638 g/mol. The molecule has 0 amide bonds. The van der Waals surface area contributed by atoms with E-state index in [1.165, 1.54) is 42.6 Å². The highest BCUT2D eigenvalue weighted by Crippen LogP contribution is 2.45. The van der Waals surface area contributed by atoms with Gasteiger partial charge in [0, 0.05) is 50.1 Å². The Kier molecular flexibility index (Phi) is 11.9. The van der Waals surface area contributed by atoms with Crippen molar-refractivity contribution >= 4 is 61.1 Å². The van der Waals surface area contributed by atoms with Crippen LogP contribution in [0.2, 0.25) is 0 Å². The highest BCUT2D eigenvalue weighted by Gasteiger charge is 2.35. The molecule has 0 saturated carbocycles. The Hall–Kier alpha value is -4.93. The van der Waals surface area contributed by atoms with Crippen LogP contribution in [-0.4, -0.2) is 12.8 Å². The first-order valence-electron chi connectivity index (χ1n) is 16.3. The van der Waals surface area contributed by atoms with Crippen LogP contribution in [0.5, 0.6) is 0 Å². The maximum Gasteiger partial charge on any atom is 0.0708 e. The minimum absolute atomic E-state index is 0.294. The molecule has 0 spiro atoms. The summed E-state index contributed by atoms with van der Waals surface area (Å²) in [4.78, 5) is 0. The Morgan fingerprint density at radius 2 is 1.68 bits per heavy atom. The van der Waals surface area contributed by atoms with E-state index in [0.717, 1.165) is 28.0 Å². The van der Waals surface area contributed by atoms with Crippen LogP contribution < -0.4 is 10.6 Å². The number of fused-ring (bicyclic) bond motifs is 6. The van der Waals surface area contributed by atoms with Gasteiger partial charge >= 0.3 is 0 Å². The van der Waals surface area contributed by atoms with E-state index < -0.39 is 0 Å². The van der Waals surface area contributed by atoms with E-state index in [-0.39, 0.29) is 0 Å². The van der Waals surface area contributed by atoms with Crippen LogP contribution in [0, 0.1) is 11.3 Å². The first kappa shape index (κ1) is 34.9. The van der Waals surface area contributed by atoms with E-state index in [9.17, 15) is 0 Å². The lowest BCUT2D eigenvalue weighted by molar-refractivity contribution is 0.562. The van der Waals surface area contributed by atoms with Gasteiger partial charge in [-0.1, -0.05) is 113 Å². The molecule has 1 aromatic heterocycles. The van der Waals surface area contributed by atoms with Crippen molar-refractivity contribution in [3.63, 3.8) is 0 Å². The van der Waals surface area contributed by atoms with Gasteiger partial charge < -0.3 is 10.6 Å². The predicted molar refractivity (Wildman–Crippen MR) is 213 cm³/mol. The van der Waals surface area contributed by atoms with Crippen LogP contribution >= 0.6 is 11.3 Å². The zero-order valence-electron chi connectivity index (χ0n) is 28.6. The van der Waals surface area contributed by atoms with Crippen LogP contribution in [0.3, 0.4) is 0 Å². The number of allylic oxidation sites excluding steroid dienone is 7. The molecule has 0 fully saturated rings. The topological polar surface area (TPSA) is 47.9 Å². The fourth-order valence-corrected chi connectivity index (χ4v) is 7.46. The molecule has 6 rings (SSSR count). The second-order valence-corrected chi connectivity index (χ2v) is 12.0. The summed E-state index contributed by atoms with van der Waals surface area (Å²) >= 11 is 1.88. The minimum atomic E-state index is 0.294. The summed E-state index contributed by atoms with van der Waals surface area (Å²) in [6.45, 7) is 21.7. The van der Waals surface area contributed by atoms with Crippen molar-refractivity contribution in [3.05, 3.63) is 155 Å². The molecule has 47 heavy (non-hydrogen) atoms. The molecule has 4 heteroatoms. The number of thiophene rings is 1. The number of benzene rings is 3. The lowest BCUT2D eigenvalue weighted by Crippen LogP contribution is -2.21. The third-order valence-electron chi connectivity index (χ3n) is 8.46. The van der Waals surface area contributed by atoms with Gasteiger partial charge in [0.2, 0.25) is 0 Å². The van der Waals surface area contributed by atoms with Crippen molar-refractivity contribution in [3.8, 4) is 0 Å². The van der Waals surface area contributed by atoms with Crippen LogP contribution in [0.25, 0.3) is 38.4 Å². The molecule has 2 unspecified atom stereocenters. The van der Waals surface area contributed by atoms with Gasteiger partial charge in [0.1, 0.15) is 0 Å². The van der Waals surface area contributed by atoms with Crippen molar-refractivity contribution < 1.29 is 0 Å². The van der Waals surface area contributed by atoms with Crippen molar-refractivity contribution in [1.82, 2.24) is 5.32 Å². The lowest BCUT2D eigenvalue weighted by atomic mass is 9.82. The lowest BCUT2D eigenvalue weighted by Gasteiger charge is -2.25. The van der Waals surface area contributed by atoms with Gasteiger partial charge in [-0.2, -0.15) is 0 Å². The van der Waals surface area contributed by atoms with E-state index in [1.807, 2.05) is 82.5 Å². The van der Waals surface area contributed by atoms with Crippen molar-refractivity contribution in [1.29, 1.82) is 5.41 Å². The summed E-state index contributed by atoms with van der Waals surface area (Å²) in [6, 6.07) is 17.7. The summed E-state index contributed by atoms with van der Waals surface area (Å²) < 4.78 is 2.73. The van der Waals surface area contributed by atoms with Crippen molar-refractivity contribution in [2.75, 3.05) is 12.4 Å². The molecule has 0 bridgehead atoms. The molecule has 3 aromatic carbocycles. The molecule has 2 aliphatic rings. The average Bonchev–Trinajstić information content (AvgIpc) is 3.67. The molecule has 4 aromatic rings. The number of anilines is 1. The molecule has 2 heterocycles. The molecule has 0 radical (unpaired) electrons. The fourth-order valence-electron chi connectivity index (χ4n) is 6.33. The Morgan fingerprint density at radius 3 is 2.32 bits per heavy atom. The first-order chi connectivity index (χ1) is 22.9. The smallest absolute Gasteiger partial charge is 0.0708 e. The van der Waals surface area contributed by atoms with Crippen LogP contribution in [0.4, 0.5) is 5.69 Å². The van der Waals surface area contributed by atoms with E-state index in [0.29, 0.717) is 17.7 Å². The summed E-state index contributed by atoms with van der Waals surface area (Å²) in [5, 5.41) is 18.1. The van der Waals surface area contributed by atoms with E-state index in [4.69, 9.17) is 5.41 Å². The zero-order valence-corrected chi connectivity index (χ0v) is 29.4. The third kappa shape index (κ3) is 6.79. The molecular weight excluding hydrogens is 591 g/mol. The maximum atomic E-state index is 8.51. The number of hydrogen-bond acceptors (Lipinski definition) is 4. The zero-order chi connectivity index (χ0) is 34.1. The van der Waals surface area contributed by atoms with Gasteiger partial charge in [0.15, 0.2) is 0 Å². The molecule has 1 aliphatic heterocycles. The molecular formula is C43H47N3S. The third-order valence-corrected chi connectivity index (χ3v) is 9.60. The van der Waals surface area contributed by atoms with E-state index in [1.54, 1.807) is 12.2 Å². The van der Waals surface area contributed by atoms with Crippen LogP contribution in [-0.2, 0) is 0 Å². The number of rotatable bonds is 8. The maximum absolute atomic E-state index is 8.51. The second kappa shape index (κ2) is 16.1. The van der Waals surface area contributed by atoms with E-state index in [2.05, 4.69) is 98.0 Å². The van der Waals surface area contributed by atoms with Gasteiger partial charge in [0.05, 0.1) is 11.8 Å². The standard InChI is InChI=1S/C23H19NS.C18H22N2.C2H6/c1-3-7-20-15(4-2)17-11-10-14-12-22-19(13-18(14)23(17)24-20)16-8-5-6-9-21(16)25-22;1-6-10-14(8-3)18(19)17-15(9-4)13(7-2)11-12-16(17)20-5;1-2/h3-13,17,23-24H,2H2,1H3;6-12,19-20H,2,4H2,1,3,5H3;1-2H3/b7-3-;10-6-,14-8+,19-18?;. The SMILES string of the molecule is C=CC1=C(/C=C\C)NC2c3cc4c(cc3C=CC12)sc1ccccc14.C=Cc1ccc(NC)c(C(=N)C(/C=C\C)=C/C)c1C=C.CC. The minimum Gasteiger partial charge on any atom is -0.388 e. The first-order valence-corrected chi connectivity index (χ1v) is 17.1. The Balaban J connectivity index is 0.000000208. The van der Waals surface area contributed by atoms with Crippen LogP contribution in [0.15, 0.2) is 128 Å². The molecule has 1 aliphatic carbocycles. The fraction of sp³-hybridized carbons (Fsp3) is 0.186. The summed E-state index contributed by atoms with van der Waals surface area (Å²) in [6.07, 6.45) is 20.2. The van der Waals surface area contributed by atoms with E-state index >= 15 is 0 Å². The molecule has 3 nitrogen and oxygen atoms in total. The Labute approximate surface area is 285 Å². The second-order valence-electron chi connectivity index (χ2n) is 10.9. The number of hydrogen-bond donors (Lipinski definition) is 3. The molecule has 2 atom stereocenters. The van der Waals surface area contributed by atoms with Gasteiger partial charge in [-0.3, -0.25) is 5.41 Å². The Bertz CT molecular complexity index is 1980. The predicted octanol–water partition coefficient (Wildman–Crippen LogP) is 12.3. The monoisotopic (exact) mass is 637 g/mol. The number of nitrogens with one attached hydrogen (secondary N) is 3. The molecule has 240 valence electrons. The summed E-state index contributed by atoms with van der Waals surface area (Å²) in [5.74, 6) is 0.360. The highest BCUT2D eigenvalue weighted by atomic mass is 32.1. The summed E-state index contributed by atoms with van der Waals surface area (Å²) in [5.41, 5.74) is 10.3. The van der Waals surface area contributed by atoms with Gasteiger partial charge in [-0.05, 0) is 84.5 Å². The Morgan fingerprint density at radius 1 is 0.915 bits per heavy atom. The van der Waals surface area contributed by atoms with Gasteiger partial charge in [-0.25, -0.2) is 0 Å².